The minimum Gasteiger partial charge on any atom is -0.496 e. The summed E-state index contributed by atoms with van der Waals surface area (Å²) in [5, 5.41) is 0. The van der Waals surface area contributed by atoms with Crippen LogP contribution in [0.25, 0.3) is 5.65 Å². The molecule has 2 atom stereocenters. The Morgan fingerprint density at radius 3 is 2.74 bits per heavy atom. The lowest BCUT2D eigenvalue weighted by Crippen LogP contribution is -2.46. The molecule has 1 amide bonds. The summed E-state index contributed by atoms with van der Waals surface area (Å²) in [5.74, 6) is -0.310. The van der Waals surface area contributed by atoms with E-state index in [0.29, 0.717) is 30.1 Å². The predicted molar refractivity (Wildman–Crippen MR) is 126 cm³/mol. The van der Waals surface area contributed by atoms with Crippen molar-refractivity contribution in [1.82, 2.24) is 14.3 Å². The molecule has 3 aromatic rings. The molecule has 0 N–H and O–H groups in total. The largest absolute Gasteiger partial charge is 0.496 e. The highest BCUT2D eigenvalue weighted by Crippen LogP contribution is 2.41. The fourth-order valence-electron chi connectivity index (χ4n) is 4.52. The van der Waals surface area contributed by atoms with Crippen molar-refractivity contribution >= 4 is 17.5 Å². The van der Waals surface area contributed by atoms with Gasteiger partial charge in [-0.25, -0.2) is 4.98 Å². The number of piperidine rings is 1. The summed E-state index contributed by atoms with van der Waals surface area (Å²) in [7, 11) is 1.58. The number of ether oxygens (including phenoxy) is 2. The highest BCUT2D eigenvalue weighted by molar-refractivity contribution is 5.82. The first kappa shape index (κ1) is 23.5. The number of unbranched alkanes of at least 4 members (excludes halogenated alkanes) is 1. The molecule has 0 aliphatic carbocycles. The lowest BCUT2D eigenvalue weighted by Gasteiger charge is -2.40. The first-order valence-corrected chi connectivity index (χ1v) is 11.6. The number of esters is 1. The maximum atomic E-state index is 13.3. The van der Waals surface area contributed by atoms with E-state index in [1.54, 1.807) is 36.4 Å². The Morgan fingerprint density at radius 1 is 1.15 bits per heavy atom. The third-order valence-corrected chi connectivity index (χ3v) is 6.21. The molecular weight excluding hydrogens is 434 g/mol. The van der Waals surface area contributed by atoms with E-state index in [9.17, 15) is 14.4 Å². The maximum Gasteiger partial charge on any atom is 0.311 e. The van der Waals surface area contributed by atoms with E-state index in [1.807, 2.05) is 24.3 Å². The van der Waals surface area contributed by atoms with Crippen LogP contribution in [0.1, 0.15) is 49.9 Å². The molecule has 1 saturated heterocycles. The van der Waals surface area contributed by atoms with Gasteiger partial charge in [0.05, 0.1) is 24.8 Å². The predicted octanol–water partition coefficient (Wildman–Crippen LogP) is 3.53. The first-order valence-electron chi connectivity index (χ1n) is 11.6. The number of benzene rings is 1. The monoisotopic (exact) mass is 463 g/mol. The van der Waals surface area contributed by atoms with Gasteiger partial charge in [0.2, 0.25) is 5.91 Å². The Morgan fingerprint density at radius 2 is 1.94 bits per heavy atom. The number of para-hydroxylation sites is 1. The average Bonchev–Trinajstić information content (AvgIpc) is 2.86. The molecule has 2 unspecified atom stereocenters. The molecule has 1 aliphatic heterocycles. The van der Waals surface area contributed by atoms with Gasteiger partial charge in [-0.2, -0.15) is 0 Å². The van der Waals surface area contributed by atoms with Gasteiger partial charge in [-0.05, 0) is 31.0 Å². The number of methoxy groups -OCH3 is 1. The molecule has 1 fully saturated rings. The van der Waals surface area contributed by atoms with Crippen LogP contribution in [0.15, 0.2) is 59.5 Å². The zero-order valence-electron chi connectivity index (χ0n) is 19.5. The van der Waals surface area contributed by atoms with Crippen LogP contribution in [0.4, 0.5) is 0 Å². The number of fused-ring (bicyclic) bond motifs is 1. The van der Waals surface area contributed by atoms with Crippen molar-refractivity contribution in [3.8, 4) is 5.75 Å². The van der Waals surface area contributed by atoms with Crippen LogP contribution in [0.5, 0.6) is 5.75 Å². The summed E-state index contributed by atoms with van der Waals surface area (Å²) in [6.45, 7) is 2.51. The summed E-state index contributed by atoms with van der Waals surface area (Å²) in [4.78, 5) is 44.8. The van der Waals surface area contributed by atoms with Crippen molar-refractivity contribution in [2.75, 3.05) is 13.7 Å². The summed E-state index contributed by atoms with van der Waals surface area (Å²) in [5.41, 5.74) is 1.42. The van der Waals surface area contributed by atoms with Gasteiger partial charge in [-0.1, -0.05) is 37.6 Å². The van der Waals surface area contributed by atoms with Gasteiger partial charge in [0.1, 0.15) is 18.0 Å². The maximum absolute atomic E-state index is 13.3. The number of nitrogens with zero attached hydrogens (tertiary/aromatic N) is 3. The van der Waals surface area contributed by atoms with Crippen LogP contribution in [0.2, 0.25) is 0 Å². The zero-order chi connectivity index (χ0) is 24.1. The highest BCUT2D eigenvalue weighted by Gasteiger charge is 2.42. The lowest BCUT2D eigenvalue weighted by molar-refractivity contribution is -0.158. The Balaban J connectivity index is 1.60. The van der Waals surface area contributed by atoms with E-state index in [4.69, 9.17) is 9.47 Å². The Hall–Kier alpha value is -3.68. The fourth-order valence-corrected chi connectivity index (χ4v) is 4.52. The molecule has 1 aromatic carbocycles. The fraction of sp³-hybridized carbons (Fsp3) is 0.385. The molecule has 3 heterocycles. The Bertz CT molecular complexity index is 1240. The van der Waals surface area contributed by atoms with Gasteiger partial charge < -0.3 is 14.4 Å². The zero-order valence-corrected chi connectivity index (χ0v) is 19.5. The first-order chi connectivity index (χ1) is 16.5. The third-order valence-electron chi connectivity index (χ3n) is 6.21. The molecule has 0 spiro atoms. The second kappa shape index (κ2) is 10.5. The van der Waals surface area contributed by atoms with E-state index in [0.717, 1.165) is 18.4 Å². The third kappa shape index (κ3) is 4.81. The van der Waals surface area contributed by atoms with Gasteiger partial charge in [0, 0.05) is 30.8 Å². The molecular formula is C26H29N3O5. The van der Waals surface area contributed by atoms with Crippen LogP contribution >= 0.6 is 0 Å². The minimum atomic E-state index is -0.549. The SMILES string of the molecule is CCCCN1C(=O)CCC(C(=O)OCc2cc(=O)n3ccccc3n2)C1c1ccccc1OC. The smallest absolute Gasteiger partial charge is 0.311 e. The van der Waals surface area contributed by atoms with E-state index < -0.39 is 17.9 Å². The normalized spacial score (nSPS) is 18.2. The number of carbonyl (C=O) groups is 2. The molecule has 4 rings (SSSR count). The number of pyridine rings is 1. The Kier molecular flexibility index (Phi) is 7.25. The number of hydrogen-bond donors (Lipinski definition) is 0. The molecule has 1 aliphatic rings. The molecule has 0 saturated carbocycles. The summed E-state index contributed by atoms with van der Waals surface area (Å²) in [6.07, 6.45) is 4.08. The van der Waals surface area contributed by atoms with Crippen LogP contribution in [-0.2, 0) is 20.9 Å². The summed E-state index contributed by atoms with van der Waals surface area (Å²) < 4.78 is 12.6. The van der Waals surface area contributed by atoms with Crippen molar-refractivity contribution < 1.29 is 19.1 Å². The standard InChI is InChI=1S/C26H29N3O5/c1-3-4-14-29-23(30)13-12-20(25(29)19-9-5-6-10-21(19)33-2)26(32)34-17-18-16-24(31)28-15-8-7-11-22(28)27-18/h5-11,15-16,20,25H,3-4,12-14,17H2,1-2H3. The van der Waals surface area contributed by atoms with Crippen LogP contribution < -0.4 is 10.3 Å². The minimum absolute atomic E-state index is 0.0256. The number of aromatic nitrogens is 2. The van der Waals surface area contributed by atoms with E-state index in [1.165, 1.54) is 10.5 Å². The quantitative estimate of drug-likeness (QED) is 0.475. The molecule has 34 heavy (non-hydrogen) atoms. The second-order valence-corrected chi connectivity index (χ2v) is 8.39. The van der Waals surface area contributed by atoms with Crippen molar-refractivity contribution in [3.63, 3.8) is 0 Å². The van der Waals surface area contributed by atoms with Crippen LogP contribution in [-0.4, -0.2) is 39.8 Å². The van der Waals surface area contributed by atoms with Gasteiger partial charge in [-0.15, -0.1) is 0 Å². The lowest BCUT2D eigenvalue weighted by atomic mass is 9.83. The van der Waals surface area contributed by atoms with Crippen LogP contribution in [0.3, 0.4) is 0 Å². The van der Waals surface area contributed by atoms with Gasteiger partial charge >= 0.3 is 5.97 Å². The number of amides is 1. The second-order valence-electron chi connectivity index (χ2n) is 8.39. The van der Waals surface area contributed by atoms with Gasteiger partial charge in [0.15, 0.2) is 0 Å². The van der Waals surface area contributed by atoms with E-state index in [-0.39, 0.29) is 24.5 Å². The van der Waals surface area contributed by atoms with Crippen LogP contribution in [0, 0.1) is 5.92 Å². The number of carbonyl (C=O) groups excluding carboxylic acids is 2. The van der Waals surface area contributed by atoms with Crippen molar-refractivity contribution in [2.24, 2.45) is 5.92 Å². The van der Waals surface area contributed by atoms with E-state index in [2.05, 4.69) is 11.9 Å². The van der Waals surface area contributed by atoms with Crippen molar-refractivity contribution in [3.05, 3.63) is 76.3 Å². The molecule has 2 aromatic heterocycles. The molecule has 0 bridgehead atoms. The Labute approximate surface area is 198 Å². The summed E-state index contributed by atoms with van der Waals surface area (Å²) >= 11 is 0. The molecule has 0 radical (unpaired) electrons. The number of rotatable bonds is 8. The topological polar surface area (TPSA) is 90.2 Å². The number of likely N-dealkylation sites (tertiary alicyclic amines) is 1. The highest BCUT2D eigenvalue weighted by atomic mass is 16.5. The molecule has 8 nitrogen and oxygen atoms in total. The molecule has 178 valence electrons. The summed E-state index contributed by atoms with van der Waals surface area (Å²) in [6, 6.07) is 13.6. The van der Waals surface area contributed by atoms with E-state index >= 15 is 0 Å². The molecule has 8 heteroatoms. The van der Waals surface area contributed by atoms with Gasteiger partial charge in [0.25, 0.3) is 5.56 Å². The van der Waals surface area contributed by atoms with Gasteiger partial charge in [-0.3, -0.25) is 18.8 Å². The average molecular weight is 464 g/mol. The van der Waals surface area contributed by atoms with Crippen molar-refractivity contribution in [1.29, 1.82) is 0 Å². The number of hydrogen-bond acceptors (Lipinski definition) is 6. The van der Waals surface area contributed by atoms with Crippen molar-refractivity contribution in [2.45, 2.75) is 45.3 Å².